The van der Waals surface area contributed by atoms with Crippen LogP contribution in [0.25, 0.3) is 0 Å². The third-order valence-corrected chi connectivity index (χ3v) is 4.16. The summed E-state index contributed by atoms with van der Waals surface area (Å²) in [5.74, 6) is 0.310. The number of piperidine rings is 1. The van der Waals surface area contributed by atoms with Gasteiger partial charge in [-0.25, -0.2) is 0 Å². The maximum atomic E-state index is 11.8. The van der Waals surface area contributed by atoms with E-state index in [9.17, 15) is 9.90 Å². The number of nitrogens with zero attached hydrogens (tertiary/aromatic N) is 1. The van der Waals surface area contributed by atoms with E-state index in [2.05, 4.69) is 0 Å². The van der Waals surface area contributed by atoms with Crippen molar-refractivity contribution < 1.29 is 9.90 Å². The summed E-state index contributed by atoms with van der Waals surface area (Å²) in [6.07, 6.45) is 1.56. The van der Waals surface area contributed by atoms with Crippen LogP contribution in [0.5, 0.6) is 0 Å². The van der Waals surface area contributed by atoms with E-state index >= 15 is 0 Å². The quantitative estimate of drug-likeness (QED) is 0.889. The molecule has 1 aliphatic rings. The van der Waals surface area contributed by atoms with Gasteiger partial charge in [-0.05, 0) is 36.5 Å². The molecule has 0 aliphatic carbocycles. The minimum atomic E-state index is -0.487. The van der Waals surface area contributed by atoms with Crippen LogP contribution in [-0.4, -0.2) is 35.5 Å². The molecule has 4 nitrogen and oxygen atoms in total. The zero-order valence-electron chi connectivity index (χ0n) is 11.9. The van der Waals surface area contributed by atoms with Crippen LogP contribution in [0.2, 0.25) is 5.02 Å². The fraction of sp³-hybridized carbons (Fsp3) is 0.533. The average Bonchev–Trinajstić information content (AvgIpc) is 2.48. The third-order valence-electron chi connectivity index (χ3n) is 3.91. The van der Waals surface area contributed by atoms with Gasteiger partial charge in [0.1, 0.15) is 0 Å². The minimum Gasteiger partial charge on any atom is -0.388 e. The molecule has 1 aromatic carbocycles. The number of aliphatic hydroxyl groups excluding tert-OH is 1. The smallest absolute Gasteiger partial charge is 0.223 e. The van der Waals surface area contributed by atoms with Gasteiger partial charge in [0.2, 0.25) is 5.91 Å². The van der Waals surface area contributed by atoms with Crippen molar-refractivity contribution in [3.05, 3.63) is 34.9 Å². The molecular weight excluding hydrogens is 311 g/mol. The van der Waals surface area contributed by atoms with Crippen molar-refractivity contribution in [1.29, 1.82) is 0 Å². The zero-order chi connectivity index (χ0) is 14.5. The summed E-state index contributed by atoms with van der Waals surface area (Å²) in [6.45, 7) is 1.80. The molecule has 0 spiro atoms. The molecule has 0 aromatic heterocycles. The standard InChI is InChI=1S/C15H21ClN2O2.ClH/c16-13-3-1-11(2-4-13)15(20)12-6-9-18(10-7-12)14(19)5-8-17;/h1-4,12,15,20H,5-10,17H2;1H. The van der Waals surface area contributed by atoms with Gasteiger partial charge in [0.05, 0.1) is 6.10 Å². The van der Waals surface area contributed by atoms with Crippen molar-refractivity contribution in [2.24, 2.45) is 11.7 Å². The third kappa shape index (κ3) is 4.85. The van der Waals surface area contributed by atoms with Gasteiger partial charge in [-0.2, -0.15) is 0 Å². The molecule has 0 bridgehead atoms. The number of carbonyl (C=O) groups is 1. The molecule has 1 heterocycles. The van der Waals surface area contributed by atoms with Gasteiger partial charge in [0, 0.05) is 31.1 Å². The number of amides is 1. The lowest BCUT2D eigenvalue weighted by Crippen LogP contribution is -2.40. The fourth-order valence-electron chi connectivity index (χ4n) is 2.68. The molecule has 118 valence electrons. The first kappa shape index (κ1) is 18.2. The molecule has 0 radical (unpaired) electrons. The maximum Gasteiger partial charge on any atom is 0.223 e. The Morgan fingerprint density at radius 3 is 2.43 bits per heavy atom. The SMILES string of the molecule is Cl.NCCC(=O)N1CCC(C(O)c2ccc(Cl)cc2)CC1. The molecule has 1 atom stereocenters. The van der Waals surface area contributed by atoms with Crippen molar-refractivity contribution in [3.63, 3.8) is 0 Å². The Hall–Kier alpha value is -0.810. The van der Waals surface area contributed by atoms with E-state index in [-0.39, 0.29) is 24.2 Å². The van der Waals surface area contributed by atoms with Crippen molar-refractivity contribution >= 4 is 29.9 Å². The predicted octanol–water partition coefficient (Wildman–Crippen LogP) is 2.38. The second-order valence-electron chi connectivity index (χ2n) is 5.25. The van der Waals surface area contributed by atoms with Crippen LogP contribution >= 0.6 is 24.0 Å². The summed E-state index contributed by atoms with van der Waals surface area (Å²) in [4.78, 5) is 13.6. The number of nitrogens with two attached hydrogens (primary N) is 1. The molecule has 1 fully saturated rings. The topological polar surface area (TPSA) is 66.6 Å². The molecule has 1 unspecified atom stereocenters. The van der Waals surface area contributed by atoms with Gasteiger partial charge in [0.25, 0.3) is 0 Å². The lowest BCUT2D eigenvalue weighted by Gasteiger charge is -2.34. The Morgan fingerprint density at radius 2 is 1.90 bits per heavy atom. The summed E-state index contributed by atoms with van der Waals surface area (Å²) >= 11 is 5.85. The second-order valence-corrected chi connectivity index (χ2v) is 5.69. The Bertz CT molecular complexity index is 445. The Morgan fingerprint density at radius 1 is 1.33 bits per heavy atom. The summed E-state index contributed by atoms with van der Waals surface area (Å²) in [5.41, 5.74) is 6.29. The van der Waals surface area contributed by atoms with E-state index < -0.39 is 6.10 Å². The van der Waals surface area contributed by atoms with Crippen molar-refractivity contribution in [2.75, 3.05) is 19.6 Å². The number of aliphatic hydroxyl groups is 1. The number of hydrogen-bond acceptors (Lipinski definition) is 3. The molecule has 2 rings (SSSR count). The highest BCUT2D eigenvalue weighted by atomic mass is 35.5. The number of carbonyl (C=O) groups excluding carboxylic acids is 1. The molecule has 1 aromatic rings. The van der Waals surface area contributed by atoms with E-state index in [0.717, 1.165) is 18.4 Å². The Balaban J connectivity index is 0.00000220. The van der Waals surface area contributed by atoms with Crippen LogP contribution < -0.4 is 5.73 Å². The van der Waals surface area contributed by atoms with Gasteiger partial charge in [-0.15, -0.1) is 12.4 Å². The number of hydrogen-bond donors (Lipinski definition) is 2. The summed E-state index contributed by atoms with van der Waals surface area (Å²) in [5, 5.41) is 11.1. The first-order chi connectivity index (χ1) is 9.61. The molecule has 1 amide bonds. The Labute approximate surface area is 136 Å². The van der Waals surface area contributed by atoms with Crippen LogP contribution in [0.1, 0.15) is 30.9 Å². The zero-order valence-corrected chi connectivity index (χ0v) is 13.4. The second kappa shape index (κ2) is 8.59. The highest BCUT2D eigenvalue weighted by molar-refractivity contribution is 6.30. The van der Waals surface area contributed by atoms with Crippen LogP contribution in [0.4, 0.5) is 0 Å². The number of rotatable bonds is 4. The fourth-order valence-corrected chi connectivity index (χ4v) is 2.80. The monoisotopic (exact) mass is 332 g/mol. The van der Waals surface area contributed by atoms with Crippen LogP contribution in [-0.2, 0) is 4.79 Å². The number of benzene rings is 1. The maximum absolute atomic E-state index is 11.8. The van der Waals surface area contributed by atoms with Crippen LogP contribution in [0.3, 0.4) is 0 Å². The van der Waals surface area contributed by atoms with E-state index in [1.165, 1.54) is 0 Å². The molecule has 0 saturated carbocycles. The van der Waals surface area contributed by atoms with Crippen LogP contribution in [0, 0.1) is 5.92 Å². The van der Waals surface area contributed by atoms with E-state index in [1.54, 1.807) is 12.1 Å². The summed E-state index contributed by atoms with van der Waals surface area (Å²) < 4.78 is 0. The summed E-state index contributed by atoms with van der Waals surface area (Å²) in [7, 11) is 0. The largest absolute Gasteiger partial charge is 0.388 e. The minimum absolute atomic E-state index is 0. The van der Waals surface area contributed by atoms with E-state index in [4.69, 9.17) is 17.3 Å². The van der Waals surface area contributed by atoms with E-state index in [0.29, 0.717) is 31.1 Å². The number of likely N-dealkylation sites (tertiary alicyclic amines) is 1. The molecule has 6 heteroatoms. The van der Waals surface area contributed by atoms with Gasteiger partial charge < -0.3 is 15.7 Å². The highest BCUT2D eigenvalue weighted by Crippen LogP contribution is 2.31. The van der Waals surface area contributed by atoms with Crippen LogP contribution in [0.15, 0.2) is 24.3 Å². The predicted molar refractivity (Wildman–Crippen MR) is 86.6 cm³/mol. The highest BCUT2D eigenvalue weighted by Gasteiger charge is 2.27. The number of halogens is 2. The molecule has 3 N–H and O–H groups in total. The lowest BCUT2D eigenvalue weighted by molar-refractivity contribution is -0.133. The summed E-state index contributed by atoms with van der Waals surface area (Å²) in [6, 6.07) is 7.30. The van der Waals surface area contributed by atoms with E-state index in [1.807, 2.05) is 17.0 Å². The molecule has 21 heavy (non-hydrogen) atoms. The van der Waals surface area contributed by atoms with Crippen molar-refractivity contribution in [1.82, 2.24) is 4.90 Å². The van der Waals surface area contributed by atoms with Crippen molar-refractivity contribution in [3.8, 4) is 0 Å². The normalized spacial score (nSPS) is 17.2. The first-order valence-electron chi connectivity index (χ1n) is 7.03. The van der Waals surface area contributed by atoms with Crippen molar-refractivity contribution in [2.45, 2.75) is 25.4 Å². The van der Waals surface area contributed by atoms with Gasteiger partial charge in [-0.1, -0.05) is 23.7 Å². The first-order valence-corrected chi connectivity index (χ1v) is 7.41. The van der Waals surface area contributed by atoms with Gasteiger partial charge in [-0.3, -0.25) is 4.79 Å². The molecule has 1 aliphatic heterocycles. The average molecular weight is 333 g/mol. The molecular formula is C15H22Cl2N2O2. The van der Waals surface area contributed by atoms with Gasteiger partial charge in [0.15, 0.2) is 0 Å². The molecule has 1 saturated heterocycles. The van der Waals surface area contributed by atoms with Gasteiger partial charge >= 0.3 is 0 Å². The Kier molecular flexibility index (Phi) is 7.46. The lowest BCUT2D eigenvalue weighted by atomic mass is 9.87.